The maximum atomic E-state index is 12.9. The second kappa shape index (κ2) is 8.24. The summed E-state index contributed by atoms with van der Waals surface area (Å²) >= 11 is 5.87. The van der Waals surface area contributed by atoms with Crippen LogP contribution in [0.5, 0.6) is 0 Å². The Morgan fingerprint density at radius 1 is 1.13 bits per heavy atom. The highest BCUT2D eigenvalue weighted by molar-refractivity contribution is 6.30. The zero-order chi connectivity index (χ0) is 21.3. The Hall–Kier alpha value is -2.64. The Kier molecular flexibility index (Phi) is 5.66. The Bertz CT molecular complexity index is 1030. The smallest absolute Gasteiger partial charge is 0.270 e. The molecule has 0 spiro atoms. The van der Waals surface area contributed by atoms with Gasteiger partial charge < -0.3 is 19.5 Å². The molecular weight excluding hydrogens is 406 g/mol. The molecule has 1 fully saturated rings. The molecule has 1 saturated carbocycles. The molecule has 2 aromatic rings. The van der Waals surface area contributed by atoms with Crippen molar-refractivity contribution >= 4 is 23.4 Å². The van der Waals surface area contributed by atoms with Crippen LogP contribution in [-0.4, -0.2) is 48.1 Å². The summed E-state index contributed by atoms with van der Waals surface area (Å²) < 4.78 is 6.70. The molecule has 0 bridgehead atoms. The molecule has 0 saturated heterocycles. The molecule has 2 amide bonds. The number of nitrogens with zero attached hydrogens (tertiary/aromatic N) is 2. The lowest BCUT2D eigenvalue weighted by Gasteiger charge is -2.32. The molecule has 2 heterocycles. The Morgan fingerprint density at radius 3 is 2.53 bits per heavy atom. The number of hydrogen-bond donors (Lipinski definition) is 1. The van der Waals surface area contributed by atoms with Crippen molar-refractivity contribution in [1.29, 1.82) is 0 Å². The van der Waals surface area contributed by atoms with E-state index in [9.17, 15) is 14.4 Å². The Morgan fingerprint density at radius 2 is 1.87 bits per heavy atom. The predicted molar refractivity (Wildman–Crippen MR) is 113 cm³/mol. The summed E-state index contributed by atoms with van der Waals surface area (Å²) in [6, 6.07) is 10.1. The average molecular weight is 430 g/mol. The SMILES string of the molecule is COCC1(CN2CCn3c(ccc(C(=O)NCc4ccc(Cl)cc4)c3=O)C2=O)CC1. The molecule has 8 heteroatoms. The van der Waals surface area contributed by atoms with Gasteiger partial charge in [-0.2, -0.15) is 0 Å². The molecule has 4 rings (SSSR count). The Labute approximate surface area is 179 Å². The number of halogens is 1. The fourth-order valence-corrected chi connectivity index (χ4v) is 4.04. The molecular formula is C22H24ClN3O4. The highest BCUT2D eigenvalue weighted by Gasteiger charge is 2.45. The van der Waals surface area contributed by atoms with Gasteiger partial charge in [0.25, 0.3) is 17.4 Å². The molecule has 0 unspecified atom stereocenters. The van der Waals surface area contributed by atoms with Crippen LogP contribution in [0, 0.1) is 5.41 Å². The van der Waals surface area contributed by atoms with E-state index in [4.69, 9.17) is 16.3 Å². The standard InChI is InChI=1S/C22H24ClN3O4/c1-30-14-22(8-9-22)13-25-10-11-26-18(21(25)29)7-6-17(20(26)28)19(27)24-12-15-2-4-16(23)5-3-15/h2-7H,8-14H2,1H3,(H,24,27). The number of rotatable bonds is 7. The fourth-order valence-electron chi connectivity index (χ4n) is 3.91. The summed E-state index contributed by atoms with van der Waals surface area (Å²) in [5.74, 6) is -0.633. The average Bonchev–Trinajstić information content (AvgIpc) is 3.49. The molecule has 0 radical (unpaired) electrons. The third-order valence-electron chi connectivity index (χ3n) is 5.82. The van der Waals surface area contributed by atoms with Crippen LogP contribution in [0.3, 0.4) is 0 Å². The minimum atomic E-state index is -0.461. The van der Waals surface area contributed by atoms with E-state index in [2.05, 4.69) is 5.32 Å². The van der Waals surface area contributed by atoms with Gasteiger partial charge in [-0.15, -0.1) is 0 Å². The first-order valence-corrected chi connectivity index (χ1v) is 10.3. The van der Waals surface area contributed by atoms with Crippen molar-refractivity contribution in [3.63, 3.8) is 0 Å². The predicted octanol–water partition coefficient (Wildman–Crippen LogP) is 2.31. The van der Waals surface area contributed by atoms with Crippen molar-refractivity contribution < 1.29 is 14.3 Å². The fraction of sp³-hybridized carbons (Fsp3) is 0.409. The maximum Gasteiger partial charge on any atom is 0.270 e. The lowest BCUT2D eigenvalue weighted by Crippen LogP contribution is -2.48. The highest BCUT2D eigenvalue weighted by Crippen LogP contribution is 2.46. The van der Waals surface area contributed by atoms with Gasteiger partial charge in [-0.3, -0.25) is 14.4 Å². The zero-order valence-corrected chi connectivity index (χ0v) is 17.6. The minimum Gasteiger partial charge on any atom is -0.384 e. The van der Waals surface area contributed by atoms with E-state index in [1.165, 1.54) is 10.6 Å². The van der Waals surface area contributed by atoms with E-state index >= 15 is 0 Å². The number of pyridine rings is 1. The second-order valence-corrected chi connectivity index (χ2v) is 8.49. The van der Waals surface area contributed by atoms with Crippen molar-refractivity contribution in [2.75, 3.05) is 26.8 Å². The van der Waals surface area contributed by atoms with Gasteiger partial charge in [-0.05, 0) is 42.7 Å². The van der Waals surface area contributed by atoms with Crippen molar-refractivity contribution in [2.45, 2.75) is 25.9 Å². The molecule has 30 heavy (non-hydrogen) atoms. The largest absolute Gasteiger partial charge is 0.384 e. The van der Waals surface area contributed by atoms with Gasteiger partial charge in [0.05, 0.1) is 6.61 Å². The van der Waals surface area contributed by atoms with Gasteiger partial charge in [-0.1, -0.05) is 23.7 Å². The van der Waals surface area contributed by atoms with E-state index in [-0.39, 0.29) is 23.4 Å². The summed E-state index contributed by atoms with van der Waals surface area (Å²) in [6.07, 6.45) is 2.09. The first kappa shape index (κ1) is 20.6. The topological polar surface area (TPSA) is 80.6 Å². The number of ether oxygens (including phenoxy) is 1. The number of benzene rings is 1. The van der Waals surface area contributed by atoms with Gasteiger partial charge >= 0.3 is 0 Å². The van der Waals surface area contributed by atoms with Gasteiger partial charge in [0.15, 0.2) is 0 Å². The van der Waals surface area contributed by atoms with Crippen LogP contribution in [0.2, 0.25) is 5.02 Å². The molecule has 7 nitrogen and oxygen atoms in total. The summed E-state index contributed by atoms with van der Waals surface area (Å²) in [7, 11) is 1.67. The van der Waals surface area contributed by atoms with Crippen LogP contribution in [0.1, 0.15) is 39.3 Å². The number of amides is 2. The summed E-state index contributed by atoms with van der Waals surface area (Å²) in [5.41, 5.74) is 0.850. The van der Waals surface area contributed by atoms with E-state index in [0.29, 0.717) is 37.0 Å². The van der Waals surface area contributed by atoms with Crippen LogP contribution >= 0.6 is 11.6 Å². The molecule has 1 aromatic heterocycles. The van der Waals surface area contributed by atoms with Crippen LogP contribution in [0.4, 0.5) is 0 Å². The monoisotopic (exact) mass is 429 g/mol. The lowest BCUT2D eigenvalue weighted by molar-refractivity contribution is 0.0583. The molecule has 1 aliphatic heterocycles. The summed E-state index contributed by atoms with van der Waals surface area (Å²) in [6.45, 7) is 2.38. The van der Waals surface area contributed by atoms with Gasteiger partial charge in [-0.25, -0.2) is 0 Å². The quantitative estimate of drug-likeness (QED) is 0.732. The van der Waals surface area contributed by atoms with Crippen LogP contribution in [-0.2, 0) is 17.8 Å². The third kappa shape index (κ3) is 4.13. The molecule has 158 valence electrons. The lowest BCUT2D eigenvalue weighted by atomic mass is 10.1. The van der Waals surface area contributed by atoms with E-state index in [1.54, 1.807) is 30.2 Å². The highest BCUT2D eigenvalue weighted by atomic mass is 35.5. The van der Waals surface area contributed by atoms with Crippen LogP contribution in [0.15, 0.2) is 41.2 Å². The van der Waals surface area contributed by atoms with Gasteiger partial charge in [0.2, 0.25) is 0 Å². The van der Waals surface area contributed by atoms with E-state index < -0.39 is 11.5 Å². The number of carbonyl (C=O) groups excluding carboxylic acids is 2. The third-order valence-corrected chi connectivity index (χ3v) is 6.07. The molecule has 0 atom stereocenters. The number of fused-ring (bicyclic) bond motifs is 1. The van der Waals surface area contributed by atoms with Crippen molar-refractivity contribution in [2.24, 2.45) is 5.41 Å². The second-order valence-electron chi connectivity index (χ2n) is 8.06. The summed E-state index contributed by atoms with van der Waals surface area (Å²) in [5, 5.41) is 3.37. The number of carbonyl (C=O) groups is 2. The first-order valence-electron chi connectivity index (χ1n) is 9.97. The van der Waals surface area contributed by atoms with E-state index in [1.807, 2.05) is 12.1 Å². The normalized spacial score (nSPS) is 16.9. The van der Waals surface area contributed by atoms with Crippen LogP contribution in [0.25, 0.3) is 0 Å². The van der Waals surface area contributed by atoms with Crippen LogP contribution < -0.4 is 10.9 Å². The number of nitrogens with one attached hydrogen (secondary N) is 1. The Balaban J connectivity index is 1.47. The summed E-state index contributed by atoms with van der Waals surface area (Å²) in [4.78, 5) is 40.1. The van der Waals surface area contributed by atoms with E-state index in [0.717, 1.165) is 18.4 Å². The maximum absolute atomic E-state index is 12.9. The number of aromatic nitrogens is 1. The minimum absolute atomic E-state index is 0.0343. The molecule has 2 aliphatic rings. The molecule has 1 aromatic carbocycles. The van der Waals surface area contributed by atoms with Crippen molar-refractivity contribution in [3.05, 3.63) is 68.6 Å². The zero-order valence-electron chi connectivity index (χ0n) is 16.8. The first-order chi connectivity index (χ1) is 14.4. The number of methoxy groups -OCH3 is 1. The molecule has 1 aliphatic carbocycles. The molecule has 1 N–H and O–H groups in total. The van der Waals surface area contributed by atoms with Gasteiger partial charge in [0, 0.05) is 43.7 Å². The van der Waals surface area contributed by atoms with Crippen molar-refractivity contribution in [3.8, 4) is 0 Å². The van der Waals surface area contributed by atoms with Gasteiger partial charge in [0.1, 0.15) is 11.3 Å². The van der Waals surface area contributed by atoms with Crippen molar-refractivity contribution in [1.82, 2.24) is 14.8 Å². The number of hydrogen-bond acceptors (Lipinski definition) is 4.